The van der Waals surface area contributed by atoms with Crippen molar-refractivity contribution in [1.29, 1.82) is 0 Å². The Balaban J connectivity index is 1.93. The Labute approximate surface area is 155 Å². The predicted octanol–water partition coefficient (Wildman–Crippen LogP) is 4.53. The SMILES string of the molecule is COc1cc(C(=O)NCCc2ccc(Br)s2)ccc1OCC(C)C. The average Bonchev–Trinajstić information content (AvgIpc) is 2.97. The molecular formula is C18H22BrNO3S. The fraction of sp³-hybridized carbons (Fsp3) is 0.389. The van der Waals surface area contributed by atoms with E-state index in [0.29, 0.717) is 36.1 Å². The number of carbonyl (C=O) groups excluding carboxylic acids is 1. The summed E-state index contributed by atoms with van der Waals surface area (Å²) in [5.74, 6) is 1.55. The highest BCUT2D eigenvalue weighted by Crippen LogP contribution is 2.28. The second kappa shape index (κ2) is 9.08. The molecule has 0 radical (unpaired) electrons. The van der Waals surface area contributed by atoms with Crippen LogP contribution in [0, 0.1) is 5.92 Å². The monoisotopic (exact) mass is 411 g/mol. The van der Waals surface area contributed by atoms with Crippen LogP contribution in [-0.4, -0.2) is 26.2 Å². The summed E-state index contributed by atoms with van der Waals surface area (Å²) in [6, 6.07) is 9.34. The molecule has 24 heavy (non-hydrogen) atoms. The van der Waals surface area contributed by atoms with Crippen LogP contribution in [0.4, 0.5) is 0 Å². The van der Waals surface area contributed by atoms with Gasteiger partial charge in [-0.15, -0.1) is 11.3 Å². The molecule has 6 heteroatoms. The van der Waals surface area contributed by atoms with E-state index >= 15 is 0 Å². The van der Waals surface area contributed by atoms with E-state index in [2.05, 4.69) is 41.2 Å². The maximum absolute atomic E-state index is 12.3. The van der Waals surface area contributed by atoms with Gasteiger partial charge in [0.25, 0.3) is 5.91 Å². The summed E-state index contributed by atoms with van der Waals surface area (Å²) in [6.45, 7) is 5.37. The standard InChI is InChI=1S/C18H22BrNO3S/c1-12(2)11-23-15-6-4-13(10-16(15)22-3)18(21)20-9-8-14-5-7-17(19)24-14/h4-7,10,12H,8-9,11H2,1-3H3,(H,20,21). The molecule has 1 aromatic heterocycles. The molecule has 0 saturated heterocycles. The second-order valence-corrected chi connectivity index (χ2v) is 8.33. The molecule has 1 amide bonds. The fourth-order valence-corrected chi connectivity index (χ4v) is 3.55. The zero-order valence-corrected chi connectivity index (χ0v) is 16.5. The van der Waals surface area contributed by atoms with Crippen molar-refractivity contribution in [2.45, 2.75) is 20.3 Å². The topological polar surface area (TPSA) is 47.6 Å². The van der Waals surface area contributed by atoms with Crippen LogP contribution >= 0.6 is 27.3 Å². The van der Waals surface area contributed by atoms with Gasteiger partial charge < -0.3 is 14.8 Å². The smallest absolute Gasteiger partial charge is 0.251 e. The average molecular weight is 412 g/mol. The highest BCUT2D eigenvalue weighted by molar-refractivity contribution is 9.11. The first kappa shape index (κ1) is 18.8. The van der Waals surface area contributed by atoms with Crippen LogP contribution in [0.1, 0.15) is 29.1 Å². The molecule has 0 spiro atoms. The third-order valence-electron chi connectivity index (χ3n) is 3.28. The van der Waals surface area contributed by atoms with Crippen LogP contribution in [-0.2, 0) is 6.42 Å². The van der Waals surface area contributed by atoms with Crippen LogP contribution in [0.25, 0.3) is 0 Å². The van der Waals surface area contributed by atoms with E-state index < -0.39 is 0 Å². The van der Waals surface area contributed by atoms with Crippen LogP contribution in [0.3, 0.4) is 0 Å². The summed E-state index contributed by atoms with van der Waals surface area (Å²) in [4.78, 5) is 13.5. The Hall–Kier alpha value is -1.53. The normalized spacial score (nSPS) is 10.7. The minimum Gasteiger partial charge on any atom is -0.493 e. The van der Waals surface area contributed by atoms with Gasteiger partial charge in [0.1, 0.15) is 0 Å². The van der Waals surface area contributed by atoms with E-state index in [0.717, 1.165) is 10.2 Å². The number of thiophene rings is 1. The zero-order chi connectivity index (χ0) is 17.5. The second-order valence-electron chi connectivity index (χ2n) is 5.78. The van der Waals surface area contributed by atoms with E-state index in [9.17, 15) is 4.79 Å². The van der Waals surface area contributed by atoms with Crippen molar-refractivity contribution >= 4 is 33.2 Å². The van der Waals surface area contributed by atoms with E-state index in [1.165, 1.54) is 4.88 Å². The Morgan fingerprint density at radius 3 is 2.67 bits per heavy atom. The first-order valence-electron chi connectivity index (χ1n) is 7.83. The summed E-state index contributed by atoms with van der Waals surface area (Å²) in [6.07, 6.45) is 0.814. The Kier molecular flexibility index (Phi) is 7.12. The zero-order valence-electron chi connectivity index (χ0n) is 14.1. The number of ether oxygens (including phenoxy) is 2. The van der Waals surface area contributed by atoms with Crippen molar-refractivity contribution in [3.05, 3.63) is 44.6 Å². The molecule has 1 heterocycles. The molecule has 1 aromatic carbocycles. The molecule has 2 rings (SSSR count). The molecule has 0 aliphatic rings. The van der Waals surface area contributed by atoms with Gasteiger partial charge in [-0.1, -0.05) is 13.8 Å². The molecule has 4 nitrogen and oxygen atoms in total. The van der Waals surface area contributed by atoms with Gasteiger partial charge in [0.2, 0.25) is 0 Å². The third kappa shape index (κ3) is 5.53. The van der Waals surface area contributed by atoms with E-state index in [1.54, 1.807) is 36.6 Å². The first-order valence-corrected chi connectivity index (χ1v) is 9.43. The Morgan fingerprint density at radius 2 is 2.04 bits per heavy atom. The van der Waals surface area contributed by atoms with Crippen molar-refractivity contribution in [3.8, 4) is 11.5 Å². The number of methoxy groups -OCH3 is 1. The number of hydrogen-bond acceptors (Lipinski definition) is 4. The van der Waals surface area contributed by atoms with E-state index in [-0.39, 0.29) is 5.91 Å². The summed E-state index contributed by atoms with van der Waals surface area (Å²) >= 11 is 5.12. The molecule has 130 valence electrons. The van der Waals surface area contributed by atoms with Crippen molar-refractivity contribution in [2.75, 3.05) is 20.3 Å². The van der Waals surface area contributed by atoms with Gasteiger partial charge >= 0.3 is 0 Å². The highest BCUT2D eigenvalue weighted by Gasteiger charge is 2.11. The molecular weight excluding hydrogens is 390 g/mol. The quantitative estimate of drug-likeness (QED) is 0.693. The lowest BCUT2D eigenvalue weighted by Crippen LogP contribution is -2.25. The van der Waals surface area contributed by atoms with Crippen molar-refractivity contribution in [2.24, 2.45) is 5.92 Å². The maximum Gasteiger partial charge on any atom is 0.251 e. The summed E-state index contributed by atoms with van der Waals surface area (Å²) in [7, 11) is 1.58. The number of amides is 1. The van der Waals surface area contributed by atoms with Crippen LogP contribution in [0.15, 0.2) is 34.1 Å². The number of hydrogen-bond donors (Lipinski definition) is 1. The Bertz CT molecular complexity index is 685. The van der Waals surface area contributed by atoms with Gasteiger partial charge in [-0.05, 0) is 58.6 Å². The minimum absolute atomic E-state index is 0.112. The van der Waals surface area contributed by atoms with Gasteiger partial charge in [0.05, 0.1) is 17.5 Å². The van der Waals surface area contributed by atoms with Gasteiger partial charge in [-0.25, -0.2) is 0 Å². The molecule has 0 fully saturated rings. The lowest BCUT2D eigenvalue weighted by atomic mass is 10.2. The third-order valence-corrected chi connectivity index (χ3v) is 4.97. The number of rotatable bonds is 8. The largest absolute Gasteiger partial charge is 0.493 e. The summed E-state index contributed by atoms with van der Waals surface area (Å²) < 4.78 is 12.1. The van der Waals surface area contributed by atoms with E-state index in [1.807, 2.05) is 6.07 Å². The van der Waals surface area contributed by atoms with Crippen LogP contribution in [0.5, 0.6) is 11.5 Å². The molecule has 2 aromatic rings. The highest BCUT2D eigenvalue weighted by atomic mass is 79.9. The van der Waals surface area contributed by atoms with Crippen LogP contribution in [0.2, 0.25) is 0 Å². The molecule has 0 atom stereocenters. The van der Waals surface area contributed by atoms with Crippen molar-refractivity contribution in [1.82, 2.24) is 5.32 Å². The lowest BCUT2D eigenvalue weighted by Gasteiger charge is -2.13. The predicted molar refractivity (Wildman–Crippen MR) is 101 cm³/mol. The molecule has 1 N–H and O–H groups in total. The van der Waals surface area contributed by atoms with Gasteiger partial charge in [0, 0.05) is 17.0 Å². The van der Waals surface area contributed by atoms with Crippen molar-refractivity contribution < 1.29 is 14.3 Å². The van der Waals surface area contributed by atoms with E-state index in [4.69, 9.17) is 9.47 Å². The number of carbonyl (C=O) groups is 1. The Morgan fingerprint density at radius 1 is 1.25 bits per heavy atom. The van der Waals surface area contributed by atoms with Crippen molar-refractivity contribution in [3.63, 3.8) is 0 Å². The molecule has 0 aliphatic carbocycles. The lowest BCUT2D eigenvalue weighted by molar-refractivity contribution is 0.0953. The minimum atomic E-state index is -0.112. The molecule has 0 aliphatic heterocycles. The molecule has 0 saturated carbocycles. The summed E-state index contributed by atoms with van der Waals surface area (Å²) in [5.41, 5.74) is 0.566. The molecule has 0 unspecified atom stereocenters. The number of benzene rings is 1. The van der Waals surface area contributed by atoms with Crippen LogP contribution < -0.4 is 14.8 Å². The number of halogens is 1. The maximum atomic E-state index is 12.3. The number of nitrogens with one attached hydrogen (secondary N) is 1. The fourth-order valence-electron chi connectivity index (χ4n) is 2.07. The summed E-state index contributed by atoms with van der Waals surface area (Å²) in [5, 5.41) is 2.93. The molecule has 0 bridgehead atoms. The van der Waals surface area contributed by atoms with Gasteiger partial charge in [0.15, 0.2) is 11.5 Å². The van der Waals surface area contributed by atoms with Gasteiger partial charge in [-0.3, -0.25) is 4.79 Å². The first-order chi connectivity index (χ1) is 11.5. The van der Waals surface area contributed by atoms with Gasteiger partial charge in [-0.2, -0.15) is 0 Å².